The number of sulfonamides is 1. The fourth-order valence-corrected chi connectivity index (χ4v) is 3.99. The van der Waals surface area contributed by atoms with Crippen LogP contribution >= 0.6 is 0 Å². The van der Waals surface area contributed by atoms with E-state index in [4.69, 9.17) is 0 Å². The number of nitrogens with zero attached hydrogens (tertiary/aromatic N) is 1. The number of rotatable bonds is 5. The largest absolute Gasteiger partial charge is 0.416 e. The molecule has 2 aromatic rings. The lowest BCUT2D eigenvalue weighted by atomic mass is 9.92. The van der Waals surface area contributed by atoms with Crippen molar-refractivity contribution in [2.75, 3.05) is 17.7 Å². The molecule has 0 radical (unpaired) electrons. The van der Waals surface area contributed by atoms with Gasteiger partial charge in [0.15, 0.2) is 0 Å². The van der Waals surface area contributed by atoms with Crippen molar-refractivity contribution < 1.29 is 31.2 Å². The van der Waals surface area contributed by atoms with Crippen molar-refractivity contribution in [3.05, 3.63) is 71.8 Å². The van der Waals surface area contributed by atoms with E-state index in [0.29, 0.717) is 16.9 Å². The van der Waals surface area contributed by atoms with Gasteiger partial charge in [0.05, 0.1) is 17.9 Å². The molecule has 0 spiro atoms. The minimum Gasteiger partial charge on any atom is -0.348 e. The van der Waals surface area contributed by atoms with E-state index in [9.17, 15) is 31.2 Å². The molecule has 0 saturated carbocycles. The zero-order valence-corrected chi connectivity index (χ0v) is 17.8. The van der Waals surface area contributed by atoms with Crippen molar-refractivity contribution in [2.45, 2.75) is 18.6 Å². The molecule has 11 heteroatoms. The third-order valence-electron chi connectivity index (χ3n) is 4.86. The van der Waals surface area contributed by atoms with Gasteiger partial charge in [-0.2, -0.15) is 13.2 Å². The zero-order chi connectivity index (χ0) is 23.7. The Labute approximate surface area is 183 Å². The average molecular weight is 467 g/mol. The first kappa shape index (κ1) is 23.3. The van der Waals surface area contributed by atoms with Crippen molar-refractivity contribution in [1.82, 2.24) is 10.0 Å². The van der Waals surface area contributed by atoms with Crippen LogP contribution in [0.3, 0.4) is 0 Å². The zero-order valence-electron chi connectivity index (χ0n) is 16.9. The third kappa shape index (κ3) is 5.28. The summed E-state index contributed by atoms with van der Waals surface area (Å²) in [5.74, 6) is -1.30. The number of amides is 2. The van der Waals surface area contributed by atoms with Crippen LogP contribution in [-0.2, 0) is 27.4 Å². The van der Waals surface area contributed by atoms with Gasteiger partial charge in [0, 0.05) is 23.5 Å². The summed E-state index contributed by atoms with van der Waals surface area (Å²) in [6.45, 7) is 3.62. The van der Waals surface area contributed by atoms with Crippen LogP contribution in [-0.4, -0.2) is 39.1 Å². The molecule has 2 aromatic carbocycles. The molecule has 7 nitrogen and oxygen atoms in total. The number of carbonyl (C=O) groups excluding carboxylic acids is 2. The predicted octanol–water partition coefficient (Wildman–Crippen LogP) is 2.76. The molecule has 3 rings (SSSR count). The highest BCUT2D eigenvalue weighted by Gasteiger charge is 2.32. The van der Waals surface area contributed by atoms with Crippen LogP contribution in [0.15, 0.2) is 55.1 Å². The summed E-state index contributed by atoms with van der Waals surface area (Å²) in [5, 5.41) is 2.73. The molecular formula is C21H20F3N3O4S. The molecule has 0 saturated heterocycles. The van der Waals surface area contributed by atoms with E-state index >= 15 is 0 Å². The molecule has 1 atom stereocenters. The average Bonchev–Trinajstić information content (AvgIpc) is 2.70. The van der Waals surface area contributed by atoms with Gasteiger partial charge in [0.25, 0.3) is 5.91 Å². The summed E-state index contributed by atoms with van der Waals surface area (Å²) in [5.41, 5.74) is 0.667. The maximum Gasteiger partial charge on any atom is 0.416 e. The number of halogens is 3. The molecule has 2 N–H and O–H groups in total. The summed E-state index contributed by atoms with van der Waals surface area (Å²) in [6.07, 6.45) is -2.35. The highest BCUT2D eigenvalue weighted by Crippen LogP contribution is 2.37. The Bertz CT molecular complexity index is 1160. The lowest BCUT2D eigenvalue weighted by Crippen LogP contribution is -2.47. The molecule has 0 aromatic heterocycles. The minimum absolute atomic E-state index is 0.0855. The van der Waals surface area contributed by atoms with Crippen molar-refractivity contribution in [3.63, 3.8) is 0 Å². The highest BCUT2D eigenvalue weighted by molar-refractivity contribution is 7.89. The summed E-state index contributed by atoms with van der Waals surface area (Å²) in [7, 11) is -3.82. The van der Waals surface area contributed by atoms with E-state index in [1.54, 1.807) is 17.0 Å². The number of alkyl halides is 3. The van der Waals surface area contributed by atoms with Crippen molar-refractivity contribution >= 4 is 33.2 Å². The molecule has 0 aliphatic carbocycles. The second-order valence-corrected chi connectivity index (χ2v) is 9.02. The highest BCUT2D eigenvalue weighted by atomic mass is 32.2. The van der Waals surface area contributed by atoms with E-state index in [0.717, 1.165) is 24.5 Å². The smallest absolute Gasteiger partial charge is 0.348 e. The molecule has 1 heterocycles. The molecule has 1 unspecified atom stereocenters. The van der Waals surface area contributed by atoms with Crippen molar-refractivity contribution in [3.8, 4) is 0 Å². The van der Waals surface area contributed by atoms with Gasteiger partial charge in [0.1, 0.15) is 0 Å². The van der Waals surface area contributed by atoms with E-state index < -0.39 is 39.6 Å². The van der Waals surface area contributed by atoms with Gasteiger partial charge in [0.2, 0.25) is 15.9 Å². The predicted molar refractivity (Wildman–Crippen MR) is 113 cm³/mol. The Balaban J connectivity index is 2.07. The Morgan fingerprint density at radius 1 is 1.16 bits per heavy atom. The SMILES string of the molecule is C=CC(=O)NC1Cc2c(C(=O)NS(C)(=O)=O)cccc2N(c2ccc(C(F)(F)F)cc2)C1. The van der Waals surface area contributed by atoms with Gasteiger partial charge >= 0.3 is 6.18 Å². The van der Waals surface area contributed by atoms with Crippen LogP contribution < -0.4 is 14.9 Å². The maximum atomic E-state index is 13.0. The minimum atomic E-state index is -4.49. The van der Waals surface area contributed by atoms with Crippen LogP contribution in [0.5, 0.6) is 0 Å². The number of nitrogens with one attached hydrogen (secondary N) is 2. The molecular weight excluding hydrogens is 447 g/mol. The van der Waals surface area contributed by atoms with E-state index in [1.165, 1.54) is 18.2 Å². The summed E-state index contributed by atoms with van der Waals surface area (Å²) >= 11 is 0. The fourth-order valence-electron chi connectivity index (χ4n) is 3.54. The van der Waals surface area contributed by atoms with Gasteiger partial charge in [-0.25, -0.2) is 13.1 Å². The molecule has 1 aliphatic rings. The first-order chi connectivity index (χ1) is 14.9. The van der Waals surface area contributed by atoms with Crippen LogP contribution in [0.2, 0.25) is 0 Å². The Morgan fingerprint density at radius 3 is 2.38 bits per heavy atom. The Kier molecular flexibility index (Phi) is 6.31. The second-order valence-electron chi connectivity index (χ2n) is 7.28. The number of benzene rings is 2. The number of hydrogen-bond donors (Lipinski definition) is 2. The number of hydrogen-bond acceptors (Lipinski definition) is 5. The van der Waals surface area contributed by atoms with Crippen molar-refractivity contribution in [2.24, 2.45) is 0 Å². The number of anilines is 2. The standard InChI is InChI=1S/C21H20F3N3O4S/c1-3-19(28)25-14-11-17-16(20(29)26-32(2,30)31)5-4-6-18(17)27(12-14)15-9-7-13(8-10-15)21(22,23)24/h3-10,14H,1,11-12H2,2H3,(H,25,28)(H,26,29). The quantitative estimate of drug-likeness (QED) is 0.660. The van der Waals surface area contributed by atoms with Gasteiger partial charge in [-0.3, -0.25) is 9.59 Å². The first-order valence-corrected chi connectivity index (χ1v) is 11.3. The van der Waals surface area contributed by atoms with E-state index in [1.807, 2.05) is 4.72 Å². The molecule has 1 aliphatic heterocycles. The lowest BCUT2D eigenvalue weighted by molar-refractivity contribution is -0.137. The van der Waals surface area contributed by atoms with Crippen LogP contribution in [0, 0.1) is 0 Å². The van der Waals surface area contributed by atoms with Crippen LogP contribution in [0.4, 0.5) is 24.5 Å². The molecule has 2 amide bonds. The maximum absolute atomic E-state index is 13.0. The molecule has 0 bridgehead atoms. The second kappa shape index (κ2) is 8.65. The van der Waals surface area contributed by atoms with Gasteiger partial charge in [-0.05, 0) is 54.5 Å². The van der Waals surface area contributed by atoms with Crippen LogP contribution in [0.1, 0.15) is 21.5 Å². The molecule has 170 valence electrons. The fraction of sp³-hybridized carbons (Fsp3) is 0.238. The Hall–Kier alpha value is -3.34. The monoisotopic (exact) mass is 467 g/mol. The van der Waals surface area contributed by atoms with E-state index in [-0.39, 0.29) is 18.5 Å². The number of carbonyl (C=O) groups is 2. The van der Waals surface area contributed by atoms with Crippen LogP contribution in [0.25, 0.3) is 0 Å². The Morgan fingerprint density at radius 2 is 1.81 bits per heavy atom. The van der Waals surface area contributed by atoms with Gasteiger partial charge in [-0.15, -0.1) is 0 Å². The topological polar surface area (TPSA) is 95.6 Å². The van der Waals surface area contributed by atoms with E-state index in [2.05, 4.69) is 11.9 Å². The normalized spacial score (nSPS) is 16.1. The molecule has 32 heavy (non-hydrogen) atoms. The lowest BCUT2D eigenvalue weighted by Gasteiger charge is -2.37. The summed E-state index contributed by atoms with van der Waals surface area (Å²) < 4.78 is 63.8. The van der Waals surface area contributed by atoms with Gasteiger partial charge < -0.3 is 10.2 Å². The first-order valence-electron chi connectivity index (χ1n) is 9.41. The molecule has 0 fully saturated rings. The summed E-state index contributed by atoms with van der Waals surface area (Å²) in [4.78, 5) is 26.1. The number of fused-ring (bicyclic) bond motifs is 1. The third-order valence-corrected chi connectivity index (χ3v) is 5.41. The van der Waals surface area contributed by atoms with Crippen molar-refractivity contribution in [1.29, 1.82) is 0 Å². The van der Waals surface area contributed by atoms with Gasteiger partial charge in [-0.1, -0.05) is 12.6 Å². The summed E-state index contributed by atoms with van der Waals surface area (Å²) in [6, 6.07) is 8.65.